The second kappa shape index (κ2) is 9.69. The van der Waals surface area contributed by atoms with Crippen molar-refractivity contribution in [2.45, 2.75) is 12.8 Å². The highest BCUT2D eigenvalue weighted by molar-refractivity contribution is 6.43. The van der Waals surface area contributed by atoms with Crippen molar-refractivity contribution in [1.29, 1.82) is 0 Å². The van der Waals surface area contributed by atoms with E-state index in [2.05, 4.69) is 25.1 Å². The van der Waals surface area contributed by atoms with Crippen LogP contribution in [0.2, 0.25) is 10.0 Å². The lowest BCUT2D eigenvalue weighted by molar-refractivity contribution is 0.0948. The topological polar surface area (TPSA) is 64.3 Å². The first-order chi connectivity index (χ1) is 14.6. The fourth-order valence-electron chi connectivity index (χ4n) is 3.79. The Morgan fingerprint density at radius 1 is 1.10 bits per heavy atom. The summed E-state index contributed by atoms with van der Waals surface area (Å²) in [5.74, 6) is -0.0833. The van der Waals surface area contributed by atoms with Gasteiger partial charge in [0.2, 0.25) is 0 Å². The fraction of sp³-hybridized carbons (Fsp3) is 0.364. The molecule has 2 aromatic heterocycles. The van der Waals surface area contributed by atoms with Crippen LogP contribution in [0.25, 0.3) is 11.0 Å². The van der Waals surface area contributed by atoms with Crippen molar-refractivity contribution < 1.29 is 4.79 Å². The minimum absolute atomic E-state index is 0.0833. The molecule has 0 radical (unpaired) electrons. The summed E-state index contributed by atoms with van der Waals surface area (Å²) in [6.07, 6.45) is 3.71. The standard InChI is InChI=1S/C22H25Cl2N5O/c23-17-6-3-7-19(20(17)24)29-13-11-28(12-14-29)10-2-1-8-26-22(30)18-15-16-5-4-9-25-21(16)27-18/h3-7,9,15H,1-2,8,10-14H2,(H,25,27)(H,26,30). The van der Waals surface area contributed by atoms with Gasteiger partial charge in [0.25, 0.3) is 5.91 Å². The molecule has 0 bridgehead atoms. The number of aromatic nitrogens is 2. The van der Waals surface area contributed by atoms with E-state index < -0.39 is 0 Å². The van der Waals surface area contributed by atoms with Gasteiger partial charge in [-0.15, -0.1) is 0 Å². The Bertz CT molecular complexity index is 981. The van der Waals surface area contributed by atoms with Gasteiger partial charge in [0.05, 0.1) is 15.7 Å². The summed E-state index contributed by atoms with van der Waals surface area (Å²) in [6.45, 7) is 5.56. The summed E-state index contributed by atoms with van der Waals surface area (Å²) in [4.78, 5) is 24.3. The molecule has 1 aliphatic heterocycles. The second-order valence-electron chi connectivity index (χ2n) is 7.49. The van der Waals surface area contributed by atoms with Crippen LogP contribution in [0.3, 0.4) is 0 Å². The number of rotatable bonds is 7. The Labute approximate surface area is 186 Å². The molecule has 1 amide bonds. The second-order valence-corrected chi connectivity index (χ2v) is 8.27. The first kappa shape index (κ1) is 21.0. The number of fused-ring (bicyclic) bond motifs is 1. The maximum Gasteiger partial charge on any atom is 0.267 e. The molecule has 30 heavy (non-hydrogen) atoms. The Morgan fingerprint density at radius 3 is 2.73 bits per heavy atom. The van der Waals surface area contributed by atoms with Crippen molar-refractivity contribution in [3.63, 3.8) is 0 Å². The smallest absolute Gasteiger partial charge is 0.267 e. The molecule has 158 valence electrons. The molecule has 0 unspecified atom stereocenters. The van der Waals surface area contributed by atoms with Crippen molar-refractivity contribution in [3.05, 3.63) is 58.3 Å². The number of carbonyl (C=O) groups is 1. The molecular formula is C22H25Cl2N5O. The van der Waals surface area contributed by atoms with Crippen LogP contribution in [0.1, 0.15) is 23.3 Å². The van der Waals surface area contributed by atoms with Crippen molar-refractivity contribution >= 4 is 45.8 Å². The third-order valence-corrected chi connectivity index (χ3v) is 6.28. The lowest BCUT2D eigenvalue weighted by Crippen LogP contribution is -2.46. The van der Waals surface area contributed by atoms with E-state index in [0.717, 1.165) is 62.3 Å². The number of benzene rings is 1. The van der Waals surface area contributed by atoms with Gasteiger partial charge in [0.1, 0.15) is 11.3 Å². The normalized spacial score (nSPS) is 14.9. The van der Waals surface area contributed by atoms with Crippen molar-refractivity contribution in [1.82, 2.24) is 20.2 Å². The SMILES string of the molecule is O=C(NCCCCN1CCN(c2cccc(Cl)c2Cl)CC1)c1cc2cccnc2[nH]1. The molecule has 0 aliphatic carbocycles. The van der Waals surface area contributed by atoms with Gasteiger partial charge in [-0.05, 0) is 49.7 Å². The van der Waals surface area contributed by atoms with Crippen LogP contribution in [0, 0.1) is 0 Å². The number of amides is 1. The summed E-state index contributed by atoms with van der Waals surface area (Å²) in [5.41, 5.74) is 2.30. The number of unbranched alkanes of at least 4 members (excludes halogenated alkanes) is 1. The van der Waals surface area contributed by atoms with E-state index in [1.54, 1.807) is 6.20 Å². The van der Waals surface area contributed by atoms with Gasteiger partial charge in [0, 0.05) is 44.3 Å². The molecule has 4 rings (SSSR count). The molecule has 0 spiro atoms. The van der Waals surface area contributed by atoms with Gasteiger partial charge in [-0.3, -0.25) is 9.69 Å². The lowest BCUT2D eigenvalue weighted by atomic mass is 10.2. The average Bonchev–Trinajstić information content (AvgIpc) is 3.20. The summed E-state index contributed by atoms with van der Waals surface area (Å²) < 4.78 is 0. The van der Waals surface area contributed by atoms with E-state index in [1.807, 2.05) is 36.4 Å². The van der Waals surface area contributed by atoms with Crippen LogP contribution >= 0.6 is 23.2 Å². The number of anilines is 1. The zero-order valence-electron chi connectivity index (χ0n) is 16.7. The maximum atomic E-state index is 12.3. The molecule has 3 heterocycles. The quantitative estimate of drug-likeness (QED) is 0.534. The molecule has 1 aliphatic rings. The molecule has 6 nitrogen and oxygen atoms in total. The fourth-order valence-corrected chi connectivity index (χ4v) is 4.20. The molecule has 1 saturated heterocycles. The van der Waals surface area contributed by atoms with E-state index in [-0.39, 0.29) is 5.91 Å². The van der Waals surface area contributed by atoms with Gasteiger partial charge in [-0.2, -0.15) is 0 Å². The number of piperazine rings is 1. The largest absolute Gasteiger partial charge is 0.368 e. The van der Waals surface area contributed by atoms with E-state index in [9.17, 15) is 4.79 Å². The van der Waals surface area contributed by atoms with Crippen LogP contribution in [0.15, 0.2) is 42.6 Å². The van der Waals surface area contributed by atoms with Crippen LogP contribution in [0.5, 0.6) is 0 Å². The number of nitrogens with one attached hydrogen (secondary N) is 2. The predicted octanol–water partition coefficient (Wildman–Crippen LogP) is 4.20. The van der Waals surface area contributed by atoms with Crippen LogP contribution < -0.4 is 10.2 Å². The number of pyridine rings is 1. The summed E-state index contributed by atoms with van der Waals surface area (Å²) in [7, 11) is 0. The summed E-state index contributed by atoms with van der Waals surface area (Å²) >= 11 is 12.5. The number of carbonyl (C=O) groups excluding carboxylic acids is 1. The highest BCUT2D eigenvalue weighted by Crippen LogP contribution is 2.32. The van der Waals surface area contributed by atoms with Crippen molar-refractivity contribution in [2.24, 2.45) is 0 Å². The first-order valence-electron chi connectivity index (χ1n) is 10.2. The minimum Gasteiger partial charge on any atom is -0.368 e. The van der Waals surface area contributed by atoms with E-state index in [0.29, 0.717) is 22.3 Å². The number of hydrogen-bond acceptors (Lipinski definition) is 4. The molecule has 1 aromatic carbocycles. The van der Waals surface area contributed by atoms with Crippen LogP contribution in [-0.2, 0) is 0 Å². The molecule has 0 atom stereocenters. The molecular weight excluding hydrogens is 421 g/mol. The zero-order chi connectivity index (χ0) is 20.9. The Morgan fingerprint density at radius 2 is 1.93 bits per heavy atom. The van der Waals surface area contributed by atoms with Gasteiger partial charge in [-0.25, -0.2) is 4.98 Å². The summed E-state index contributed by atoms with van der Waals surface area (Å²) in [6, 6.07) is 11.4. The first-order valence-corrected chi connectivity index (χ1v) is 11.0. The lowest BCUT2D eigenvalue weighted by Gasteiger charge is -2.36. The van der Waals surface area contributed by atoms with Crippen LogP contribution in [-0.4, -0.2) is 60.0 Å². The van der Waals surface area contributed by atoms with Gasteiger partial charge < -0.3 is 15.2 Å². The maximum absolute atomic E-state index is 12.3. The van der Waals surface area contributed by atoms with Crippen LogP contribution in [0.4, 0.5) is 5.69 Å². The Balaban J connectivity index is 1.15. The number of halogens is 2. The minimum atomic E-state index is -0.0833. The number of hydrogen-bond donors (Lipinski definition) is 2. The molecule has 3 aromatic rings. The van der Waals surface area contributed by atoms with Crippen molar-refractivity contribution in [3.8, 4) is 0 Å². The molecule has 2 N–H and O–H groups in total. The van der Waals surface area contributed by atoms with E-state index in [1.165, 1.54) is 0 Å². The molecule has 8 heteroatoms. The van der Waals surface area contributed by atoms with Gasteiger partial charge >= 0.3 is 0 Å². The Hall–Kier alpha value is -2.28. The number of aromatic amines is 1. The van der Waals surface area contributed by atoms with E-state index in [4.69, 9.17) is 23.2 Å². The number of H-pyrrole nitrogens is 1. The average molecular weight is 446 g/mol. The third kappa shape index (κ3) is 4.89. The third-order valence-electron chi connectivity index (χ3n) is 5.47. The highest BCUT2D eigenvalue weighted by atomic mass is 35.5. The zero-order valence-corrected chi connectivity index (χ0v) is 18.2. The number of nitrogens with zero attached hydrogens (tertiary/aromatic N) is 3. The predicted molar refractivity (Wildman–Crippen MR) is 123 cm³/mol. The van der Waals surface area contributed by atoms with E-state index >= 15 is 0 Å². The van der Waals surface area contributed by atoms with Gasteiger partial charge in [-0.1, -0.05) is 29.3 Å². The molecule has 1 fully saturated rings. The van der Waals surface area contributed by atoms with Crippen molar-refractivity contribution in [2.75, 3.05) is 44.2 Å². The summed E-state index contributed by atoms with van der Waals surface area (Å²) in [5, 5.41) is 5.16. The highest BCUT2D eigenvalue weighted by Gasteiger charge is 2.19. The van der Waals surface area contributed by atoms with Gasteiger partial charge in [0.15, 0.2) is 0 Å². The Kier molecular flexibility index (Phi) is 6.77. The molecule has 0 saturated carbocycles. The monoisotopic (exact) mass is 445 g/mol.